The number of ether oxygens (including phenoxy) is 2. The van der Waals surface area contributed by atoms with E-state index in [1.54, 1.807) is 12.1 Å². The van der Waals surface area contributed by atoms with Gasteiger partial charge in [-0.05, 0) is 17.7 Å². The van der Waals surface area contributed by atoms with Gasteiger partial charge in [0.25, 0.3) is 0 Å². The molecule has 106 valence electrons. The second-order valence-corrected chi connectivity index (χ2v) is 5.44. The maximum absolute atomic E-state index is 14.2. The highest BCUT2D eigenvalue weighted by Crippen LogP contribution is 2.40. The van der Waals surface area contributed by atoms with Crippen molar-refractivity contribution >= 4 is 27.5 Å². The Balaban J connectivity index is 2.50. The fraction of sp³-hybridized carbons (Fsp3) is 0.200. The van der Waals surface area contributed by atoms with Crippen molar-refractivity contribution in [1.82, 2.24) is 0 Å². The number of methoxy groups -OCH3 is 2. The average molecular weight is 360 g/mol. The van der Waals surface area contributed by atoms with Gasteiger partial charge in [0.05, 0.1) is 19.0 Å². The van der Waals surface area contributed by atoms with Gasteiger partial charge in [0.2, 0.25) is 0 Å². The van der Waals surface area contributed by atoms with Gasteiger partial charge in [-0.25, -0.2) is 4.39 Å². The van der Waals surface area contributed by atoms with Gasteiger partial charge in [-0.1, -0.05) is 45.7 Å². The Hall–Kier alpha value is -1.26. The highest BCUT2D eigenvalue weighted by molar-refractivity contribution is 9.09. The lowest BCUT2D eigenvalue weighted by atomic mass is 10.0. The molecular weight excluding hydrogens is 347 g/mol. The van der Waals surface area contributed by atoms with Gasteiger partial charge in [-0.15, -0.1) is 0 Å². The van der Waals surface area contributed by atoms with Crippen molar-refractivity contribution < 1.29 is 13.9 Å². The Morgan fingerprint density at radius 2 is 1.65 bits per heavy atom. The summed E-state index contributed by atoms with van der Waals surface area (Å²) in [6, 6.07) is 10.2. The van der Waals surface area contributed by atoms with Crippen molar-refractivity contribution in [2.24, 2.45) is 0 Å². The Bertz CT molecular complexity index is 619. The van der Waals surface area contributed by atoms with Crippen LogP contribution in [0.2, 0.25) is 5.02 Å². The van der Waals surface area contributed by atoms with Crippen LogP contribution in [-0.2, 0) is 0 Å². The second-order valence-electron chi connectivity index (χ2n) is 4.11. The summed E-state index contributed by atoms with van der Waals surface area (Å²) in [5.74, 6) is 0.442. The van der Waals surface area contributed by atoms with E-state index in [-0.39, 0.29) is 10.6 Å². The summed E-state index contributed by atoms with van der Waals surface area (Å²) in [5.41, 5.74) is 1.23. The first-order valence-corrected chi connectivity index (χ1v) is 7.17. The number of hydrogen-bond acceptors (Lipinski definition) is 2. The van der Waals surface area contributed by atoms with Crippen LogP contribution in [-0.4, -0.2) is 14.2 Å². The molecule has 0 aliphatic carbocycles. The van der Waals surface area contributed by atoms with E-state index in [1.807, 2.05) is 18.2 Å². The first-order chi connectivity index (χ1) is 9.58. The first kappa shape index (κ1) is 15.1. The third-order valence-corrected chi connectivity index (χ3v) is 4.28. The number of alkyl halides is 1. The second kappa shape index (κ2) is 6.46. The standard InChI is InChI=1S/C15H13BrClFO2/c1-19-13-7-10(12(18)8-14(13)20-2)15(16)9-5-3-4-6-11(9)17/h3-8,15H,1-2H3. The van der Waals surface area contributed by atoms with Crippen molar-refractivity contribution in [2.75, 3.05) is 14.2 Å². The van der Waals surface area contributed by atoms with E-state index in [1.165, 1.54) is 20.3 Å². The minimum Gasteiger partial charge on any atom is -0.493 e. The lowest BCUT2D eigenvalue weighted by molar-refractivity contribution is 0.351. The van der Waals surface area contributed by atoms with Gasteiger partial charge in [0.15, 0.2) is 11.5 Å². The zero-order valence-electron chi connectivity index (χ0n) is 11.0. The van der Waals surface area contributed by atoms with Gasteiger partial charge in [-0.3, -0.25) is 0 Å². The Morgan fingerprint density at radius 3 is 2.25 bits per heavy atom. The van der Waals surface area contributed by atoms with Crippen molar-refractivity contribution in [2.45, 2.75) is 4.83 Å². The Labute approximate surface area is 130 Å². The number of rotatable bonds is 4. The molecule has 5 heteroatoms. The van der Waals surface area contributed by atoms with Crippen molar-refractivity contribution in [3.63, 3.8) is 0 Å². The van der Waals surface area contributed by atoms with Gasteiger partial charge in [0.1, 0.15) is 5.82 Å². The molecule has 0 heterocycles. The molecule has 0 radical (unpaired) electrons. The molecule has 1 unspecified atom stereocenters. The smallest absolute Gasteiger partial charge is 0.163 e. The molecule has 2 aromatic carbocycles. The summed E-state index contributed by atoms with van der Waals surface area (Å²) in [4.78, 5) is -0.365. The third kappa shape index (κ3) is 2.91. The van der Waals surface area contributed by atoms with Crippen LogP contribution in [0.3, 0.4) is 0 Å². The van der Waals surface area contributed by atoms with E-state index < -0.39 is 0 Å². The summed E-state index contributed by atoms with van der Waals surface area (Å²) in [5, 5.41) is 0.573. The maximum atomic E-state index is 14.2. The van der Waals surface area contributed by atoms with E-state index >= 15 is 0 Å². The minimum absolute atomic E-state index is 0.354. The summed E-state index contributed by atoms with van der Waals surface area (Å²) < 4.78 is 24.5. The number of halogens is 3. The Morgan fingerprint density at radius 1 is 1.05 bits per heavy atom. The molecule has 1 atom stereocenters. The average Bonchev–Trinajstić information content (AvgIpc) is 2.46. The molecule has 0 aliphatic rings. The summed E-state index contributed by atoms with van der Waals surface area (Å²) in [6.07, 6.45) is 0. The highest BCUT2D eigenvalue weighted by atomic mass is 79.9. The summed E-state index contributed by atoms with van der Waals surface area (Å²) >= 11 is 9.63. The van der Waals surface area contributed by atoms with E-state index in [4.69, 9.17) is 21.1 Å². The van der Waals surface area contributed by atoms with Crippen molar-refractivity contribution in [1.29, 1.82) is 0 Å². The van der Waals surface area contributed by atoms with Crippen molar-refractivity contribution in [3.8, 4) is 11.5 Å². The molecule has 2 aromatic rings. The minimum atomic E-state index is -0.385. The van der Waals surface area contributed by atoms with Crippen LogP contribution >= 0.6 is 27.5 Å². The molecule has 0 saturated carbocycles. The summed E-state index contributed by atoms with van der Waals surface area (Å²) in [7, 11) is 2.98. The molecule has 0 N–H and O–H groups in total. The molecule has 0 amide bonds. The van der Waals surface area contributed by atoms with E-state index in [0.717, 1.165) is 5.56 Å². The fourth-order valence-corrected chi connectivity index (χ4v) is 3.04. The van der Waals surface area contributed by atoms with Gasteiger partial charge < -0.3 is 9.47 Å². The van der Waals surface area contributed by atoms with Crippen LogP contribution in [0, 0.1) is 5.82 Å². The van der Waals surface area contributed by atoms with Crippen LogP contribution < -0.4 is 9.47 Å². The van der Waals surface area contributed by atoms with E-state index in [9.17, 15) is 4.39 Å². The quantitative estimate of drug-likeness (QED) is 0.717. The van der Waals surface area contributed by atoms with Gasteiger partial charge >= 0.3 is 0 Å². The van der Waals surface area contributed by atoms with Gasteiger partial charge in [0, 0.05) is 16.7 Å². The topological polar surface area (TPSA) is 18.5 Å². The van der Waals surface area contributed by atoms with Crippen LogP contribution in [0.5, 0.6) is 11.5 Å². The predicted molar refractivity (Wildman–Crippen MR) is 81.7 cm³/mol. The maximum Gasteiger partial charge on any atom is 0.163 e. The molecule has 20 heavy (non-hydrogen) atoms. The SMILES string of the molecule is COc1cc(F)c(C(Br)c2ccccc2Cl)cc1OC. The third-order valence-electron chi connectivity index (χ3n) is 2.95. The number of benzene rings is 2. The first-order valence-electron chi connectivity index (χ1n) is 5.88. The Kier molecular flexibility index (Phi) is 4.89. The molecule has 0 fully saturated rings. The molecule has 0 aromatic heterocycles. The molecule has 0 saturated heterocycles. The fourth-order valence-electron chi connectivity index (χ4n) is 1.91. The normalized spacial score (nSPS) is 12.1. The monoisotopic (exact) mass is 358 g/mol. The van der Waals surface area contributed by atoms with Crippen LogP contribution in [0.4, 0.5) is 4.39 Å². The zero-order valence-corrected chi connectivity index (χ0v) is 13.3. The summed E-state index contributed by atoms with van der Waals surface area (Å²) in [6.45, 7) is 0. The zero-order chi connectivity index (χ0) is 14.7. The van der Waals surface area contributed by atoms with E-state index in [0.29, 0.717) is 22.1 Å². The molecule has 2 nitrogen and oxygen atoms in total. The largest absolute Gasteiger partial charge is 0.493 e. The molecule has 0 bridgehead atoms. The van der Waals surface area contributed by atoms with Crippen LogP contribution in [0.25, 0.3) is 0 Å². The molecule has 2 rings (SSSR count). The predicted octanol–water partition coefficient (Wildman–Crippen LogP) is 4.98. The number of hydrogen-bond donors (Lipinski definition) is 0. The molecule has 0 aliphatic heterocycles. The van der Waals surface area contributed by atoms with Crippen LogP contribution in [0.15, 0.2) is 36.4 Å². The lowest BCUT2D eigenvalue weighted by Crippen LogP contribution is -2.00. The van der Waals surface area contributed by atoms with E-state index in [2.05, 4.69) is 15.9 Å². The van der Waals surface area contributed by atoms with Gasteiger partial charge in [-0.2, -0.15) is 0 Å². The van der Waals surface area contributed by atoms with Crippen molar-refractivity contribution in [3.05, 3.63) is 58.4 Å². The van der Waals surface area contributed by atoms with Crippen LogP contribution in [0.1, 0.15) is 16.0 Å². The lowest BCUT2D eigenvalue weighted by Gasteiger charge is -2.16. The highest BCUT2D eigenvalue weighted by Gasteiger charge is 2.20. The molecular formula is C15H13BrClFO2. The molecule has 0 spiro atoms.